The molecule has 180 valence electrons. The molecular formula is C21H25ClFN4O4S2-. The molecule has 2 aromatic carbocycles. The average Bonchev–Trinajstić information content (AvgIpc) is 3.47. The number of benzene rings is 2. The van der Waals surface area contributed by atoms with Crippen molar-refractivity contribution in [2.75, 3.05) is 30.3 Å². The van der Waals surface area contributed by atoms with Gasteiger partial charge in [-0.1, -0.05) is 11.6 Å². The summed E-state index contributed by atoms with van der Waals surface area (Å²) in [5, 5.41) is 5.31. The quantitative estimate of drug-likeness (QED) is 0.480. The molecule has 0 aliphatic carbocycles. The van der Waals surface area contributed by atoms with Gasteiger partial charge in [0.2, 0.25) is 0 Å². The second-order valence-corrected chi connectivity index (χ2v) is 9.24. The summed E-state index contributed by atoms with van der Waals surface area (Å²) < 4.78 is 40.2. The van der Waals surface area contributed by atoms with Crippen molar-refractivity contribution < 1.29 is 25.5 Å². The summed E-state index contributed by atoms with van der Waals surface area (Å²) >= 11 is 4.87. The Morgan fingerprint density at radius 1 is 1.39 bits per heavy atom. The molecule has 0 saturated carbocycles. The third kappa shape index (κ3) is 7.67. The second kappa shape index (κ2) is 11.9. The predicted molar refractivity (Wildman–Crippen MR) is 130 cm³/mol. The smallest absolute Gasteiger partial charge is 0.258 e. The van der Waals surface area contributed by atoms with Gasteiger partial charge in [0.15, 0.2) is 11.7 Å². The number of nitrogens with one attached hydrogen (secondary N) is 1. The third-order valence-electron chi connectivity index (χ3n) is 4.66. The van der Waals surface area contributed by atoms with Crippen LogP contribution in [0.4, 0.5) is 15.2 Å². The normalized spacial score (nSPS) is 16.0. The van der Waals surface area contributed by atoms with Gasteiger partial charge >= 0.3 is 0 Å². The van der Waals surface area contributed by atoms with Crippen molar-refractivity contribution in [2.24, 2.45) is 0 Å². The number of aromatic nitrogens is 1. The molecule has 1 aliphatic heterocycles. The summed E-state index contributed by atoms with van der Waals surface area (Å²) in [5.74, 6) is -0.506. The number of rotatable bonds is 6. The van der Waals surface area contributed by atoms with Crippen molar-refractivity contribution in [1.82, 2.24) is 10.3 Å². The molecule has 33 heavy (non-hydrogen) atoms. The van der Waals surface area contributed by atoms with Crippen LogP contribution in [0, 0.1) is 5.82 Å². The number of carbonyl (C=O) groups excluding carboxylic acids is 1. The molecule has 3 aromatic rings. The Morgan fingerprint density at radius 3 is 2.73 bits per heavy atom. The molecule has 1 aliphatic rings. The standard InChI is InChI=1S/C18H18ClFN2O4S.C3H4N2S.2H2/c19-16-9-14(3-6-17(16)20)26-11-18(23)21-12-7-8-22(10-12)13-1-4-15(5-2-13)27(24)25;4-3-5-1-2-6-3;;/h1-6,9,12H,7-8,10-11H2,(H,21,23)(H,24,25);1-2H,(H2,4,5);2*1H/p-1/t12-;;;/m0.../s1. The summed E-state index contributed by atoms with van der Waals surface area (Å²) in [7, 11) is 0. The van der Waals surface area contributed by atoms with Gasteiger partial charge in [0.25, 0.3) is 5.91 Å². The van der Waals surface area contributed by atoms with Crippen LogP contribution in [0.1, 0.15) is 9.27 Å². The van der Waals surface area contributed by atoms with Gasteiger partial charge in [0, 0.05) is 50.2 Å². The Labute approximate surface area is 204 Å². The fourth-order valence-electron chi connectivity index (χ4n) is 3.10. The summed E-state index contributed by atoms with van der Waals surface area (Å²) in [6.45, 7) is 1.18. The summed E-state index contributed by atoms with van der Waals surface area (Å²) in [4.78, 5) is 18.1. The highest BCUT2D eigenvalue weighted by Gasteiger charge is 2.24. The zero-order chi connectivity index (χ0) is 23.8. The fourth-order valence-corrected chi connectivity index (χ4v) is 4.01. The van der Waals surface area contributed by atoms with Crippen LogP contribution in [0.25, 0.3) is 0 Å². The van der Waals surface area contributed by atoms with Gasteiger partial charge in [-0.3, -0.25) is 9.00 Å². The number of carbonyl (C=O) groups is 1. The lowest BCUT2D eigenvalue weighted by Gasteiger charge is -2.19. The number of anilines is 2. The molecule has 1 unspecified atom stereocenters. The first-order valence-corrected chi connectivity index (χ1v) is 12.1. The Bertz CT molecular complexity index is 1100. The lowest BCUT2D eigenvalue weighted by atomic mass is 10.2. The molecule has 8 nitrogen and oxygen atoms in total. The van der Waals surface area contributed by atoms with Crippen LogP contribution in [0.5, 0.6) is 5.75 Å². The van der Waals surface area contributed by atoms with E-state index < -0.39 is 16.9 Å². The minimum absolute atomic E-state index is 0. The molecule has 2 heterocycles. The van der Waals surface area contributed by atoms with E-state index in [9.17, 15) is 17.9 Å². The number of nitrogen functional groups attached to an aromatic ring is 1. The van der Waals surface area contributed by atoms with E-state index in [2.05, 4.69) is 15.2 Å². The maximum absolute atomic E-state index is 13.1. The average molecular weight is 516 g/mol. The molecule has 0 bridgehead atoms. The summed E-state index contributed by atoms with van der Waals surface area (Å²) in [5.41, 5.74) is 6.09. The van der Waals surface area contributed by atoms with Gasteiger partial charge in [-0.15, -0.1) is 11.3 Å². The molecule has 2 atom stereocenters. The van der Waals surface area contributed by atoms with Crippen molar-refractivity contribution in [2.45, 2.75) is 17.4 Å². The molecule has 1 saturated heterocycles. The van der Waals surface area contributed by atoms with E-state index in [4.69, 9.17) is 22.1 Å². The van der Waals surface area contributed by atoms with Crippen LogP contribution in [0.2, 0.25) is 5.02 Å². The monoisotopic (exact) mass is 515 g/mol. The highest BCUT2D eigenvalue weighted by molar-refractivity contribution is 7.79. The lowest BCUT2D eigenvalue weighted by Crippen LogP contribution is -2.39. The van der Waals surface area contributed by atoms with Gasteiger partial charge in [-0.25, -0.2) is 9.37 Å². The number of hydrogen-bond donors (Lipinski definition) is 2. The highest BCUT2D eigenvalue weighted by atomic mass is 35.5. The van der Waals surface area contributed by atoms with Gasteiger partial charge in [-0.2, -0.15) is 0 Å². The Morgan fingerprint density at radius 2 is 2.15 bits per heavy atom. The lowest BCUT2D eigenvalue weighted by molar-refractivity contribution is -0.123. The largest absolute Gasteiger partial charge is 0.768 e. The van der Waals surface area contributed by atoms with E-state index in [1.807, 2.05) is 5.38 Å². The molecule has 1 fully saturated rings. The maximum atomic E-state index is 13.1. The molecular weight excluding hydrogens is 491 g/mol. The van der Waals surface area contributed by atoms with Crippen LogP contribution in [-0.4, -0.2) is 45.4 Å². The summed E-state index contributed by atoms with van der Waals surface area (Å²) in [6, 6.07) is 10.5. The van der Waals surface area contributed by atoms with Crippen molar-refractivity contribution >= 4 is 50.7 Å². The van der Waals surface area contributed by atoms with Crippen LogP contribution in [0.3, 0.4) is 0 Å². The molecule has 4 rings (SSSR count). The fraction of sp³-hybridized carbons (Fsp3) is 0.238. The van der Waals surface area contributed by atoms with E-state index in [1.54, 1.807) is 30.5 Å². The Balaban J connectivity index is 0.000000671. The van der Waals surface area contributed by atoms with Crippen molar-refractivity contribution in [1.29, 1.82) is 0 Å². The molecule has 1 amide bonds. The topological polar surface area (TPSA) is 121 Å². The molecule has 0 radical (unpaired) electrons. The van der Waals surface area contributed by atoms with E-state index >= 15 is 0 Å². The van der Waals surface area contributed by atoms with E-state index in [-0.39, 0.29) is 31.3 Å². The van der Waals surface area contributed by atoms with Crippen molar-refractivity contribution in [3.63, 3.8) is 0 Å². The van der Waals surface area contributed by atoms with Crippen molar-refractivity contribution in [3.8, 4) is 5.75 Å². The van der Waals surface area contributed by atoms with Crippen LogP contribution in [0.15, 0.2) is 58.9 Å². The van der Waals surface area contributed by atoms with Crippen LogP contribution in [-0.2, 0) is 15.9 Å². The number of nitrogens with two attached hydrogens (primary N) is 1. The minimum atomic E-state index is -2.24. The third-order valence-corrected chi connectivity index (χ3v) is 6.21. The minimum Gasteiger partial charge on any atom is -0.768 e. The SMILES string of the molecule is Nc1nccs1.O=C(COc1ccc(F)c(Cl)c1)N[C@H]1CCN(c2ccc(S(=O)[O-])cc2)C1.[HH].[HH]. The number of hydrogen-bond acceptors (Lipinski definition) is 8. The highest BCUT2D eigenvalue weighted by Crippen LogP contribution is 2.22. The Kier molecular flexibility index (Phi) is 9.01. The van der Waals surface area contributed by atoms with E-state index in [0.717, 1.165) is 18.7 Å². The summed E-state index contributed by atoms with van der Waals surface area (Å²) in [6.07, 6.45) is 2.45. The predicted octanol–water partition coefficient (Wildman–Crippen LogP) is 3.71. The second-order valence-electron chi connectivity index (χ2n) is 6.96. The van der Waals surface area contributed by atoms with Crippen LogP contribution < -0.4 is 20.7 Å². The zero-order valence-corrected chi connectivity index (χ0v) is 19.7. The van der Waals surface area contributed by atoms with Crippen LogP contribution >= 0.6 is 22.9 Å². The number of amides is 1. The van der Waals surface area contributed by atoms with Gasteiger partial charge in [-0.05, 0) is 53.9 Å². The molecule has 12 heteroatoms. The van der Waals surface area contributed by atoms with Gasteiger partial charge < -0.3 is 25.2 Å². The first kappa shape index (κ1) is 24.9. The molecule has 1 aromatic heterocycles. The molecule has 3 N–H and O–H groups in total. The molecule has 0 spiro atoms. The van der Waals surface area contributed by atoms with E-state index in [0.29, 0.717) is 17.4 Å². The first-order valence-electron chi connectivity index (χ1n) is 9.78. The zero-order valence-electron chi connectivity index (χ0n) is 17.3. The van der Waals surface area contributed by atoms with Gasteiger partial charge in [0.1, 0.15) is 11.6 Å². The number of ether oxygens (including phenoxy) is 1. The van der Waals surface area contributed by atoms with Gasteiger partial charge in [0.05, 0.1) is 5.02 Å². The first-order chi connectivity index (χ1) is 15.8. The van der Waals surface area contributed by atoms with Crippen molar-refractivity contribution in [3.05, 3.63) is 64.9 Å². The number of halogens is 2. The Hall–Kier alpha value is -2.73. The number of thiazole rings is 1. The van der Waals surface area contributed by atoms with E-state index in [1.165, 1.54) is 29.5 Å². The number of nitrogens with zero attached hydrogens (tertiary/aromatic N) is 2. The maximum Gasteiger partial charge on any atom is 0.258 e.